The third-order valence-electron chi connectivity index (χ3n) is 3.23. The lowest BCUT2D eigenvalue weighted by Gasteiger charge is -2.19. The van der Waals surface area contributed by atoms with Gasteiger partial charge in [0.15, 0.2) is 0 Å². The highest BCUT2D eigenvalue weighted by Crippen LogP contribution is 2.31. The smallest absolute Gasteiger partial charge is 0.142 e. The van der Waals surface area contributed by atoms with E-state index < -0.39 is 0 Å². The molecule has 2 aromatic rings. The van der Waals surface area contributed by atoms with Crippen molar-refractivity contribution >= 4 is 27.5 Å². The molecule has 0 amide bonds. The zero-order valence-corrected chi connectivity index (χ0v) is 14.6. The van der Waals surface area contributed by atoms with Gasteiger partial charge in [-0.15, -0.1) is 5.10 Å². The van der Waals surface area contributed by atoms with Gasteiger partial charge < -0.3 is 5.32 Å². The highest BCUT2D eigenvalue weighted by molar-refractivity contribution is 9.10. The fourth-order valence-corrected chi connectivity index (χ4v) is 3.39. The van der Waals surface area contributed by atoms with Crippen molar-refractivity contribution in [2.24, 2.45) is 0 Å². The van der Waals surface area contributed by atoms with Gasteiger partial charge in [-0.3, -0.25) is 0 Å². The summed E-state index contributed by atoms with van der Waals surface area (Å²) in [5.74, 6) is -0.220. The summed E-state index contributed by atoms with van der Waals surface area (Å²) in [5, 5.41) is 7.63. The van der Waals surface area contributed by atoms with Gasteiger partial charge in [0.25, 0.3) is 0 Å². The van der Waals surface area contributed by atoms with Crippen molar-refractivity contribution in [3.63, 3.8) is 0 Å². The first-order valence-electron chi connectivity index (χ1n) is 7.17. The van der Waals surface area contributed by atoms with Gasteiger partial charge in [-0.05, 0) is 52.9 Å². The van der Waals surface area contributed by atoms with Gasteiger partial charge in [0.05, 0.1) is 21.1 Å². The van der Waals surface area contributed by atoms with Crippen LogP contribution in [0.25, 0.3) is 0 Å². The van der Waals surface area contributed by atoms with Gasteiger partial charge in [-0.25, -0.2) is 4.39 Å². The molecule has 0 aliphatic carbocycles. The molecule has 0 spiro atoms. The zero-order chi connectivity index (χ0) is 15.2. The predicted molar refractivity (Wildman–Crippen MR) is 88.1 cm³/mol. The summed E-state index contributed by atoms with van der Waals surface area (Å²) >= 11 is 4.62. The largest absolute Gasteiger partial charge is 0.305 e. The SMILES string of the molecule is CCCNC(c1cccc(Br)c1F)c1snnc1CCC. The third-order valence-corrected chi connectivity index (χ3v) is 4.67. The second kappa shape index (κ2) is 7.96. The van der Waals surface area contributed by atoms with Crippen LogP contribution < -0.4 is 5.32 Å². The lowest BCUT2D eigenvalue weighted by atomic mass is 10.0. The summed E-state index contributed by atoms with van der Waals surface area (Å²) in [7, 11) is 0. The number of hydrogen-bond donors (Lipinski definition) is 1. The van der Waals surface area contributed by atoms with Gasteiger partial charge in [0.1, 0.15) is 5.82 Å². The standard InChI is InChI=1S/C15H19BrFN3S/c1-3-6-12-15(21-20-19-12)14(18-9-4-2)10-7-5-8-11(16)13(10)17/h5,7-8,14,18H,3-4,6,9H2,1-2H3. The minimum atomic E-state index is -0.220. The highest BCUT2D eigenvalue weighted by Gasteiger charge is 2.23. The van der Waals surface area contributed by atoms with E-state index in [4.69, 9.17) is 0 Å². The number of hydrogen-bond acceptors (Lipinski definition) is 4. The molecule has 21 heavy (non-hydrogen) atoms. The number of benzene rings is 1. The Kier molecular flexibility index (Phi) is 6.26. The van der Waals surface area contributed by atoms with E-state index in [2.05, 4.69) is 44.7 Å². The molecule has 0 aliphatic rings. The van der Waals surface area contributed by atoms with Gasteiger partial charge in [-0.2, -0.15) is 0 Å². The minimum Gasteiger partial charge on any atom is -0.305 e. The number of nitrogens with one attached hydrogen (secondary N) is 1. The maximum atomic E-state index is 14.5. The molecule has 0 aliphatic heterocycles. The fraction of sp³-hybridized carbons (Fsp3) is 0.467. The molecule has 0 saturated heterocycles. The third kappa shape index (κ3) is 3.87. The first-order chi connectivity index (χ1) is 10.2. The van der Waals surface area contributed by atoms with Gasteiger partial charge in [-0.1, -0.05) is 36.9 Å². The van der Waals surface area contributed by atoms with Gasteiger partial charge in [0, 0.05) is 5.56 Å². The van der Waals surface area contributed by atoms with E-state index in [1.165, 1.54) is 11.5 Å². The van der Waals surface area contributed by atoms with Crippen LogP contribution in [0.1, 0.15) is 48.9 Å². The molecule has 0 bridgehead atoms. The normalized spacial score (nSPS) is 12.6. The average Bonchev–Trinajstić information content (AvgIpc) is 2.92. The summed E-state index contributed by atoms with van der Waals surface area (Å²) in [6, 6.07) is 5.21. The van der Waals surface area contributed by atoms with Gasteiger partial charge in [0.2, 0.25) is 0 Å². The number of nitrogens with zero attached hydrogens (tertiary/aromatic N) is 2. The minimum absolute atomic E-state index is 0.191. The summed E-state index contributed by atoms with van der Waals surface area (Å²) < 4.78 is 19.0. The number of rotatable bonds is 7. The van der Waals surface area contributed by atoms with E-state index in [0.29, 0.717) is 10.0 Å². The molecule has 3 nitrogen and oxygen atoms in total. The highest BCUT2D eigenvalue weighted by atomic mass is 79.9. The molecule has 2 rings (SSSR count). The molecular weight excluding hydrogens is 353 g/mol. The fourth-order valence-electron chi connectivity index (χ4n) is 2.22. The number of aromatic nitrogens is 2. The Hall–Kier alpha value is -0.850. The first kappa shape index (κ1) is 16.5. The maximum absolute atomic E-state index is 14.5. The molecule has 1 aromatic carbocycles. The monoisotopic (exact) mass is 371 g/mol. The molecule has 6 heteroatoms. The molecule has 1 atom stereocenters. The van der Waals surface area contributed by atoms with Crippen molar-refractivity contribution in [3.8, 4) is 0 Å². The van der Waals surface area contributed by atoms with Crippen LogP contribution in [0.3, 0.4) is 0 Å². The summed E-state index contributed by atoms with van der Waals surface area (Å²) in [5.41, 5.74) is 1.61. The van der Waals surface area contributed by atoms with Crippen LogP contribution in [-0.2, 0) is 6.42 Å². The van der Waals surface area contributed by atoms with Crippen molar-refractivity contribution in [3.05, 3.63) is 44.6 Å². The van der Waals surface area contributed by atoms with Crippen molar-refractivity contribution in [2.75, 3.05) is 6.54 Å². The van der Waals surface area contributed by atoms with Crippen LogP contribution in [0, 0.1) is 5.82 Å². The van der Waals surface area contributed by atoms with Crippen LogP contribution in [0.5, 0.6) is 0 Å². The molecule has 1 aromatic heterocycles. The molecule has 1 N–H and O–H groups in total. The van der Waals surface area contributed by atoms with E-state index >= 15 is 0 Å². The average molecular weight is 372 g/mol. The van der Waals surface area contributed by atoms with Crippen LogP contribution in [-0.4, -0.2) is 16.1 Å². The summed E-state index contributed by atoms with van der Waals surface area (Å²) in [6.45, 7) is 5.02. The van der Waals surface area contributed by atoms with E-state index in [1.54, 1.807) is 6.07 Å². The van der Waals surface area contributed by atoms with E-state index in [1.807, 2.05) is 12.1 Å². The van der Waals surface area contributed by atoms with Crippen LogP contribution in [0.15, 0.2) is 22.7 Å². The van der Waals surface area contributed by atoms with Crippen molar-refractivity contribution < 1.29 is 4.39 Å². The van der Waals surface area contributed by atoms with Crippen LogP contribution >= 0.6 is 27.5 Å². The second-order valence-electron chi connectivity index (χ2n) is 4.86. The van der Waals surface area contributed by atoms with Gasteiger partial charge >= 0.3 is 0 Å². The Morgan fingerprint density at radius 3 is 2.86 bits per heavy atom. The van der Waals surface area contributed by atoms with E-state index in [-0.39, 0.29) is 11.9 Å². The summed E-state index contributed by atoms with van der Waals surface area (Å²) in [6.07, 6.45) is 2.85. The Morgan fingerprint density at radius 1 is 1.33 bits per heavy atom. The van der Waals surface area contributed by atoms with Crippen molar-refractivity contribution in [2.45, 2.75) is 39.2 Å². The van der Waals surface area contributed by atoms with Crippen molar-refractivity contribution in [1.82, 2.24) is 14.9 Å². The topological polar surface area (TPSA) is 37.8 Å². The molecular formula is C15H19BrFN3S. The lowest BCUT2D eigenvalue weighted by Crippen LogP contribution is -2.24. The van der Waals surface area contributed by atoms with E-state index in [0.717, 1.165) is 36.4 Å². The Balaban J connectivity index is 2.42. The Morgan fingerprint density at radius 2 is 2.14 bits per heavy atom. The first-order valence-corrected chi connectivity index (χ1v) is 8.74. The molecule has 0 radical (unpaired) electrons. The molecule has 0 saturated carbocycles. The van der Waals surface area contributed by atoms with E-state index in [9.17, 15) is 4.39 Å². The van der Waals surface area contributed by atoms with Crippen molar-refractivity contribution in [1.29, 1.82) is 0 Å². The Labute approximate surface area is 137 Å². The van der Waals surface area contributed by atoms with Crippen LogP contribution in [0.2, 0.25) is 0 Å². The molecule has 0 fully saturated rings. The second-order valence-corrected chi connectivity index (χ2v) is 6.50. The molecule has 1 heterocycles. The number of aryl methyl sites for hydroxylation is 1. The maximum Gasteiger partial charge on any atom is 0.142 e. The van der Waals surface area contributed by atoms with Crippen LogP contribution in [0.4, 0.5) is 4.39 Å². The zero-order valence-electron chi connectivity index (χ0n) is 12.2. The Bertz CT molecular complexity index is 588. The number of halogens is 2. The molecule has 114 valence electrons. The summed E-state index contributed by atoms with van der Waals surface area (Å²) in [4.78, 5) is 1.02. The quantitative estimate of drug-likeness (QED) is 0.779. The lowest BCUT2D eigenvalue weighted by molar-refractivity contribution is 0.544. The molecule has 1 unspecified atom stereocenters. The predicted octanol–water partition coefficient (Wildman–Crippen LogP) is 4.48.